The van der Waals surface area contributed by atoms with Gasteiger partial charge in [0, 0.05) is 64.5 Å². The summed E-state index contributed by atoms with van der Waals surface area (Å²) in [6.45, 7) is 3.72. The van der Waals surface area contributed by atoms with E-state index in [1.807, 2.05) is 14.1 Å². The Balaban J connectivity index is 0.931. The van der Waals surface area contributed by atoms with E-state index in [1.165, 1.54) is 9.80 Å². The van der Waals surface area contributed by atoms with Crippen LogP contribution >= 0.6 is 0 Å². The van der Waals surface area contributed by atoms with Crippen LogP contribution in [0.4, 0.5) is 9.59 Å². The third-order valence-corrected chi connectivity index (χ3v) is 12.6. The molecular weight excluding hydrogens is 716 g/mol. The van der Waals surface area contributed by atoms with E-state index in [-0.39, 0.29) is 48.5 Å². The smallest absolute Gasteiger partial charge is 0.384 e. The van der Waals surface area contributed by atoms with Crippen molar-refractivity contribution in [3.05, 3.63) is 35.0 Å². The molecule has 6 aliphatic rings. The van der Waals surface area contributed by atoms with Gasteiger partial charge in [-0.15, -0.1) is 8.57 Å². The first kappa shape index (κ1) is 36.6. The molecular formula is C32H48N10O10S. The van der Waals surface area contributed by atoms with Gasteiger partial charge in [0.25, 0.3) is 0 Å². The highest BCUT2D eigenvalue weighted by Gasteiger charge is 2.66. The number of hydrogen-bond donors (Lipinski definition) is 6. The summed E-state index contributed by atoms with van der Waals surface area (Å²) in [7, 11) is -1.27. The number of aliphatic hydroxyl groups excluding tert-OH is 2. The van der Waals surface area contributed by atoms with Gasteiger partial charge >= 0.3 is 22.5 Å². The molecule has 6 atom stereocenters. The lowest BCUT2D eigenvalue weighted by molar-refractivity contribution is -0.101. The molecule has 2 spiro atoms. The molecule has 8 rings (SSSR count). The normalized spacial score (nSPS) is 27.8. The maximum absolute atomic E-state index is 13.8. The summed E-state index contributed by atoms with van der Waals surface area (Å²) in [5.74, 6) is 0.530. The lowest BCUT2D eigenvalue weighted by Gasteiger charge is -2.36. The third-order valence-electron chi connectivity index (χ3n) is 11.9. The fourth-order valence-electron chi connectivity index (χ4n) is 8.51. The molecule has 4 amide bonds. The quantitative estimate of drug-likeness (QED) is 0.108. The Morgan fingerprint density at radius 3 is 1.57 bits per heavy atom. The number of likely N-dealkylation sites (N-methyl/N-ethyl adjacent to an activating group) is 2. The van der Waals surface area contributed by atoms with Crippen molar-refractivity contribution in [1.29, 1.82) is 0 Å². The van der Waals surface area contributed by atoms with E-state index in [4.69, 9.17) is 17.6 Å². The zero-order valence-corrected chi connectivity index (χ0v) is 30.6. The number of hydroxylamine groups is 4. The van der Waals surface area contributed by atoms with Crippen LogP contribution in [0.3, 0.4) is 0 Å². The van der Waals surface area contributed by atoms with Crippen LogP contribution in [-0.4, -0.2) is 139 Å². The molecule has 2 saturated carbocycles. The first-order valence-electron chi connectivity index (χ1n) is 18.3. The van der Waals surface area contributed by atoms with Crippen molar-refractivity contribution in [3.63, 3.8) is 0 Å². The first-order valence-corrected chi connectivity index (χ1v) is 19.6. The minimum Gasteiger partial charge on any atom is -0.384 e. The fraction of sp³-hybridized carbons (Fsp3) is 0.750. The number of hydrogen-bond acceptors (Lipinski definition) is 16. The van der Waals surface area contributed by atoms with Crippen LogP contribution in [0.2, 0.25) is 0 Å². The molecule has 6 N–H and O–H groups in total. The molecule has 20 nitrogen and oxygen atoms in total. The summed E-state index contributed by atoms with van der Waals surface area (Å²) in [6.07, 6.45) is 2.21. The zero-order valence-electron chi connectivity index (χ0n) is 29.8. The number of urea groups is 2. The zero-order chi connectivity index (χ0) is 37.1. The summed E-state index contributed by atoms with van der Waals surface area (Å²) in [5, 5.41) is 43.6. The van der Waals surface area contributed by atoms with Gasteiger partial charge in [0.05, 0.1) is 24.2 Å². The average molecular weight is 765 g/mol. The van der Waals surface area contributed by atoms with E-state index in [0.29, 0.717) is 37.3 Å². The molecule has 2 aromatic rings. The molecule has 21 heteroatoms. The molecule has 4 bridgehead atoms. The Hall–Kier alpha value is -3.41. The van der Waals surface area contributed by atoms with E-state index < -0.39 is 58.8 Å². The standard InChI is InChI=1S/C32H48N10O10S/c1-33-7-9-35-15-23(43)25-11-19(37-49-25)21-13-31(3-4-31)27-17-39(21)29(45)41(27)51-53(47,48)52-42-28-18-40(30(42)46)22(14-32(28)5-6-32)20-12-26(50-38-20)24(44)16-36-10-8-34-2/h11-12,21-24,27-28,33-36,43-44H,3-10,13-18H2,1-2H3/t21-,22-,23-,24-,27-,28-/m0/s1. The number of fused-ring (bicyclic) bond motifs is 6. The maximum Gasteiger partial charge on any atom is 0.442 e. The Morgan fingerprint density at radius 1 is 0.774 bits per heavy atom. The molecule has 0 aromatic carbocycles. The lowest BCUT2D eigenvalue weighted by Crippen LogP contribution is -2.45. The number of nitrogens with zero attached hydrogens (tertiary/aromatic N) is 6. The van der Waals surface area contributed by atoms with Crippen LogP contribution in [0.5, 0.6) is 0 Å². The lowest BCUT2D eigenvalue weighted by atomic mass is 9.84. The molecule has 2 aromatic heterocycles. The predicted octanol–water partition coefficient (Wildman–Crippen LogP) is -0.182. The topological polar surface area (TPSA) is 240 Å². The molecule has 53 heavy (non-hydrogen) atoms. The van der Waals surface area contributed by atoms with Crippen LogP contribution in [0, 0.1) is 10.8 Å². The van der Waals surface area contributed by atoms with Crippen LogP contribution in [0.25, 0.3) is 0 Å². The Morgan fingerprint density at radius 2 is 1.19 bits per heavy atom. The number of aliphatic hydroxyl groups is 2. The van der Waals surface area contributed by atoms with Crippen molar-refractivity contribution < 1.29 is 45.8 Å². The van der Waals surface area contributed by atoms with Gasteiger partial charge in [0.15, 0.2) is 11.5 Å². The predicted molar refractivity (Wildman–Crippen MR) is 181 cm³/mol. The SMILES string of the molecule is CNCCNC[C@H](O)c1cc([C@@H]2CC3(CC3)[C@@H]3CN2C(=O)N3OS(=O)(=O)ON2C(=O)N3C[C@H]2C2(CC2)C[C@H]3c2cc([C@@H](O)CNCCNC)on2)no1. The van der Waals surface area contributed by atoms with Crippen LogP contribution in [0.15, 0.2) is 21.2 Å². The highest BCUT2D eigenvalue weighted by Crippen LogP contribution is 2.63. The number of rotatable bonds is 18. The number of carbonyl (C=O) groups excluding carboxylic acids is 2. The van der Waals surface area contributed by atoms with Crippen molar-refractivity contribution in [2.24, 2.45) is 10.8 Å². The summed E-state index contributed by atoms with van der Waals surface area (Å²) in [5.41, 5.74) is 0.158. The number of piperidine rings is 2. The number of carbonyl (C=O) groups is 2. The van der Waals surface area contributed by atoms with Gasteiger partial charge in [-0.25, -0.2) is 9.59 Å². The van der Waals surface area contributed by atoms with Crippen molar-refractivity contribution in [2.45, 2.75) is 74.9 Å². The van der Waals surface area contributed by atoms with Crippen molar-refractivity contribution >= 4 is 22.5 Å². The second-order valence-electron chi connectivity index (χ2n) is 15.2. The van der Waals surface area contributed by atoms with Gasteiger partial charge in [-0.2, -0.15) is 18.5 Å². The Bertz CT molecular complexity index is 1660. The molecule has 6 heterocycles. The van der Waals surface area contributed by atoms with Crippen molar-refractivity contribution in [1.82, 2.24) is 51.5 Å². The number of nitrogens with one attached hydrogen (secondary N) is 4. The second kappa shape index (κ2) is 14.0. The summed E-state index contributed by atoms with van der Waals surface area (Å²) in [4.78, 5) is 30.6. The maximum atomic E-state index is 13.8. The minimum absolute atomic E-state index is 0.208. The molecule has 4 aliphatic heterocycles. The Kier molecular flexibility index (Phi) is 9.67. The van der Waals surface area contributed by atoms with E-state index in [9.17, 15) is 28.2 Å². The summed E-state index contributed by atoms with van der Waals surface area (Å²) < 4.78 is 49.0. The van der Waals surface area contributed by atoms with Crippen LogP contribution in [0.1, 0.15) is 85.7 Å². The molecule has 6 fully saturated rings. The first-order chi connectivity index (χ1) is 25.5. The van der Waals surface area contributed by atoms with E-state index in [1.54, 1.807) is 12.1 Å². The fourth-order valence-corrected chi connectivity index (χ4v) is 9.26. The molecule has 2 aliphatic carbocycles. The highest BCUT2D eigenvalue weighted by molar-refractivity contribution is 7.81. The van der Waals surface area contributed by atoms with Gasteiger partial charge in [-0.05, 0) is 63.5 Å². The minimum atomic E-state index is -4.94. The highest BCUT2D eigenvalue weighted by atomic mass is 32.3. The number of amides is 4. The van der Waals surface area contributed by atoms with Crippen molar-refractivity contribution in [2.75, 3.05) is 66.5 Å². The Labute approximate surface area is 306 Å². The van der Waals surface area contributed by atoms with Crippen LogP contribution < -0.4 is 21.3 Å². The van der Waals surface area contributed by atoms with E-state index >= 15 is 0 Å². The number of aromatic nitrogens is 2. The average Bonchev–Trinajstić information content (AvgIpc) is 3.82. The molecule has 0 radical (unpaired) electrons. The van der Waals surface area contributed by atoms with Gasteiger partial charge in [0.2, 0.25) is 0 Å². The summed E-state index contributed by atoms with van der Waals surface area (Å²) in [6, 6.07) is -0.161. The van der Waals surface area contributed by atoms with Gasteiger partial charge in [-0.3, -0.25) is 0 Å². The second-order valence-corrected chi connectivity index (χ2v) is 16.3. The molecule has 4 saturated heterocycles. The van der Waals surface area contributed by atoms with Crippen LogP contribution in [-0.2, 0) is 19.0 Å². The molecule has 292 valence electrons. The molecule has 0 unspecified atom stereocenters. The van der Waals surface area contributed by atoms with Gasteiger partial charge < -0.3 is 50.3 Å². The van der Waals surface area contributed by atoms with E-state index in [2.05, 4.69) is 31.6 Å². The van der Waals surface area contributed by atoms with Crippen molar-refractivity contribution in [3.8, 4) is 0 Å². The monoisotopic (exact) mass is 764 g/mol. The van der Waals surface area contributed by atoms with Gasteiger partial charge in [-0.1, -0.05) is 10.3 Å². The third kappa shape index (κ3) is 6.79. The largest absolute Gasteiger partial charge is 0.442 e. The summed E-state index contributed by atoms with van der Waals surface area (Å²) >= 11 is 0. The van der Waals surface area contributed by atoms with Gasteiger partial charge in [0.1, 0.15) is 23.6 Å². The van der Waals surface area contributed by atoms with E-state index in [0.717, 1.165) is 48.9 Å².